The molecule has 0 aromatic heterocycles. The van der Waals surface area contributed by atoms with Gasteiger partial charge in [-0.05, 0) is 78.9 Å². The van der Waals surface area contributed by atoms with Gasteiger partial charge in [-0.1, -0.05) is 170 Å². The third-order valence-electron chi connectivity index (χ3n) is 11.5. The fourth-order valence-corrected chi connectivity index (χ4v) is 8.91. The standard InChI is InChI=1S/C54H34N2O2/c57-47-31-27-35-15-3-7-19-39(35)51(47)49-37-17-5-1-13-33(37)25-29-45(49)55-53-43-23-11-9-21-41(43)42-22-10-12-24-44(42)54(53)56-46-30-26-34-14-2-6-18-38(34)50(46)52-40-20-8-4-16-36(40)28-32-48(52)58/h1-32,55,57H/b52-50-,56-46?. The third-order valence-corrected chi connectivity index (χ3v) is 11.5. The van der Waals surface area contributed by atoms with E-state index in [-0.39, 0.29) is 11.5 Å². The summed E-state index contributed by atoms with van der Waals surface area (Å²) in [4.78, 5) is 19.8. The smallest absolute Gasteiger partial charge is 0.187 e. The van der Waals surface area contributed by atoms with Gasteiger partial charge in [-0.2, -0.15) is 0 Å². The van der Waals surface area contributed by atoms with E-state index in [0.29, 0.717) is 11.3 Å². The van der Waals surface area contributed by atoms with Crippen LogP contribution in [0.5, 0.6) is 5.75 Å². The monoisotopic (exact) mass is 742 g/mol. The highest BCUT2D eigenvalue weighted by atomic mass is 16.3. The van der Waals surface area contributed by atoms with Gasteiger partial charge in [0.1, 0.15) is 5.75 Å². The van der Waals surface area contributed by atoms with E-state index in [1.54, 1.807) is 12.1 Å². The minimum Gasteiger partial charge on any atom is -0.507 e. The lowest BCUT2D eigenvalue weighted by molar-refractivity contribution is -0.109. The predicted molar refractivity (Wildman–Crippen MR) is 243 cm³/mol. The fourth-order valence-electron chi connectivity index (χ4n) is 8.91. The molecule has 58 heavy (non-hydrogen) atoms. The molecule has 2 aliphatic carbocycles. The maximum absolute atomic E-state index is 14.1. The van der Waals surface area contributed by atoms with Crippen LogP contribution in [0.4, 0.5) is 17.1 Å². The number of phenols is 1. The Labute approximate surface area is 335 Å². The Morgan fingerprint density at radius 3 is 1.66 bits per heavy atom. The number of nitrogens with zero attached hydrogens (tertiary/aromatic N) is 1. The number of phenolic OH excluding ortho intramolecular Hbond substituents is 1. The van der Waals surface area contributed by atoms with Crippen molar-refractivity contribution in [1.29, 1.82) is 0 Å². The molecule has 0 amide bonds. The van der Waals surface area contributed by atoms with Crippen LogP contribution in [-0.4, -0.2) is 16.6 Å². The Morgan fingerprint density at radius 1 is 0.431 bits per heavy atom. The van der Waals surface area contributed by atoms with Crippen LogP contribution < -0.4 is 5.32 Å². The van der Waals surface area contributed by atoms with Crippen LogP contribution in [0.25, 0.3) is 77.5 Å². The maximum atomic E-state index is 14.1. The summed E-state index contributed by atoms with van der Waals surface area (Å²) >= 11 is 0. The van der Waals surface area contributed by atoms with Gasteiger partial charge in [0.05, 0.1) is 17.1 Å². The number of hydrogen-bond acceptors (Lipinski definition) is 4. The Hall–Kier alpha value is -7.82. The van der Waals surface area contributed by atoms with Crippen LogP contribution in [0.3, 0.4) is 0 Å². The number of anilines is 2. The van der Waals surface area contributed by atoms with Gasteiger partial charge >= 0.3 is 0 Å². The molecule has 4 nitrogen and oxygen atoms in total. The van der Waals surface area contributed by atoms with Crippen LogP contribution >= 0.6 is 0 Å². The first-order valence-electron chi connectivity index (χ1n) is 19.5. The van der Waals surface area contributed by atoms with E-state index in [9.17, 15) is 9.90 Å². The molecular formula is C54H34N2O2. The molecule has 0 bridgehead atoms. The number of ketones is 1. The molecule has 0 spiro atoms. The predicted octanol–water partition coefficient (Wildman–Crippen LogP) is 13.7. The van der Waals surface area contributed by atoms with E-state index < -0.39 is 0 Å². The molecule has 9 aromatic rings. The van der Waals surface area contributed by atoms with Crippen molar-refractivity contribution in [3.63, 3.8) is 0 Å². The van der Waals surface area contributed by atoms with Crippen LogP contribution in [0.1, 0.15) is 22.3 Å². The maximum Gasteiger partial charge on any atom is 0.187 e. The van der Waals surface area contributed by atoms with Crippen LogP contribution in [0.2, 0.25) is 0 Å². The van der Waals surface area contributed by atoms with E-state index in [2.05, 4.69) is 108 Å². The number of allylic oxidation sites excluding steroid dienone is 4. The second-order valence-corrected chi connectivity index (χ2v) is 14.8. The molecule has 0 aliphatic heterocycles. The first-order chi connectivity index (χ1) is 28.6. The minimum absolute atomic E-state index is 0.0519. The topological polar surface area (TPSA) is 61.7 Å². The van der Waals surface area contributed by atoms with E-state index in [0.717, 1.165) is 99.1 Å². The largest absolute Gasteiger partial charge is 0.507 e. The van der Waals surface area contributed by atoms with E-state index in [4.69, 9.17) is 4.99 Å². The highest BCUT2D eigenvalue weighted by Gasteiger charge is 2.28. The number of fused-ring (bicyclic) bond motifs is 7. The first-order valence-corrected chi connectivity index (χ1v) is 19.5. The molecule has 0 heterocycles. The number of hydrogen-bond donors (Lipinski definition) is 2. The summed E-state index contributed by atoms with van der Waals surface area (Å²) < 4.78 is 0. The number of benzene rings is 9. The summed E-state index contributed by atoms with van der Waals surface area (Å²) in [6.45, 7) is 0. The molecule has 2 N–H and O–H groups in total. The van der Waals surface area contributed by atoms with E-state index in [1.165, 1.54) is 0 Å². The minimum atomic E-state index is -0.0519. The zero-order valence-corrected chi connectivity index (χ0v) is 31.3. The molecule has 4 heteroatoms. The summed E-state index contributed by atoms with van der Waals surface area (Å²) in [5, 5.41) is 23.9. The Morgan fingerprint density at radius 2 is 0.948 bits per heavy atom. The van der Waals surface area contributed by atoms with E-state index >= 15 is 0 Å². The second-order valence-electron chi connectivity index (χ2n) is 14.8. The lowest BCUT2D eigenvalue weighted by atomic mass is 9.80. The first kappa shape index (κ1) is 33.5. The van der Waals surface area contributed by atoms with E-state index in [1.807, 2.05) is 78.9 Å². The second kappa shape index (κ2) is 13.4. The Balaban J connectivity index is 1.23. The van der Waals surface area contributed by atoms with Crippen LogP contribution in [0.15, 0.2) is 187 Å². The van der Waals surface area contributed by atoms with Gasteiger partial charge in [0.2, 0.25) is 0 Å². The number of aliphatic imine (C=N–C) groups is 1. The SMILES string of the molecule is O=C1C=Cc2ccccc2/C1=C1/C(=Nc2c(Nc3ccc4ccccc4c3-c3c(O)ccc4ccccc34)c3ccccc3c3ccccc23)C=Cc2ccccc21. The fraction of sp³-hybridized carbons (Fsp3) is 0. The molecule has 11 rings (SSSR count). The van der Waals surface area contributed by atoms with Crippen molar-refractivity contribution in [2.24, 2.45) is 4.99 Å². The highest BCUT2D eigenvalue weighted by Crippen LogP contribution is 2.49. The summed E-state index contributed by atoms with van der Waals surface area (Å²) in [5.41, 5.74) is 10.1. The summed E-state index contributed by atoms with van der Waals surface area (Å²) in [6.07, 6.45) is 7.71. The molecule has 2 aliphatic rings. The molecule has 0 fully saturated rings. The molecule has 272 valence electrons. The zero-order valence-electron chi connectivity index (χ0n) is 31.3. The zero-order chi connectivity index (χ0) is 38.7. The molecule has 0 atom stereocenters. The number of nitrogens with one attached hydrogen (secondary N) is 1. The molecule has 0 saturated carbocycles. The van der Waals surface area contributed by atoms with Gasteiger partial charge in [-0.3, -0.25) is 4.79 Å². The molecule has 0 saturated heterocycles. The number of rotatable bonds is 4. The van der Waals surface area contributed by atoms with Gasteiger partial charge in [0, 0.05) is 38.7 Å². The summed E-state index contributed by atoms with van der Waals surface area (Å²) in [5.74, 6) is 0.152. The summed E-state index contributed by atoms with van der Waals surface area (Å²) in [6, 6.07) is 57.6. The molecule has 9 aromatic carbocycles. The van der Waals surface area contributed by atoms with Crippen molar-refractivity contribution in [3.8, 4) is 16.9 Å². The molecule has 0 radical (unpaired) electrons. The van der Waals surface area contributed by atoms with Gasteiger partial charge in [-0.15, -0.1) is 0 Å². The van der Waals surface area contributed by atoms with Crippen molar-refractivity contribution in [3.05, 3.63) is 204 Å². The average molecular weight is 743 g/mol. The van der Waals surface area contributed by atoms with Crippen molar-refractivity contribution >= 4 is 94.9 Å². The molecular weight excluding hydrogens is 709 g/mol. The third kappa shape index (κ3) is 5.31. The number of carbonyl (C=O) groups excluding carboxylic acids is 1. The lowest BCUT2D eigenvalue weighted by Crippen LogP contribution is -2.14. The quantitative estimate of drug-likeness (QED) is 0.139. The van der Waals surface area contributed by atoms with Gasteiger partial charge in [-0.25, -0.2) is 4.99 Å². The highest BCUT2D eigenvalue weighted by molar-refractivity contribution is 6.49. The summed E-state index contributed by atoms with van der Waals surface area (Å²) in [7, 11) is 0. The molecule has 0 unspecified atom stereocenters. The average Bonchev–Trinajstić information content (AvgIpc) is 3.28. The van der Waals surface area contributed by atoms with Gasteiger partial charge < -0.3 is 10.4 Å². The van der Waals surface area contributed by atoms with Gasteiger partial charge in [0.25, 0.3) is 0 Å². The van der Waals surface area contributed by atoms with Gasteiger partial charge in [0.15, 0.2) is 5.78 Å². The van der Waals surface area contributed by atoms with Crippen molar-refractivity contribution < 1.29 is 9.90 Å². The number of aromatic hydroxyl groups is 1. The lowest BCUT2D eigenvalue weighted by Gasteiger charge is -2.24. The Kier molecular flexibility index (Phi) is 7.76. The number of carbonyl (C=O) groups is 1. The van der Waals surface area contributed by atoms with Crippen molar-refractivity contribution in [1.82, 2.24) is 0 Å². The van der Waals surface area contributed by atoms with Crippen molar-refractivity contribution in [2.45, 2.75) is 0 Å². The Bertz CT molecular complexity index is 3350. The normalized spacial score (nSPS) is 15.4. The van der Waals surface area contributed by atoms with Crippen molar-refractivity contribution in [2.75, 3.05) is 5.32 Å². The van der Waals surface area contributed by atoms with Crippen LogP contribution in [0, 0.1) is 0 Å². The van der Waals surface area contributed by atoms with Crippen LogP contribution in [-0.2, 0) is 4.79 Å².